The van der Waals surface area contributed by atoms with E-state index in [2.05, 4.69) is 11.9 Å². The molecule has 62 valence electrons. The number of rotatable bonds is 1. The third-order valence-corrected chi connectivity index (χ3v) is 2.04. The maximum absolute atomic E-state index is 10.4. The molecule has 0 aromatic rings. The lowest BCUT2D eigenvalue weighted by Crippen LogP contribution is -2.39. The molecule has 0 saturated heterocycles. The Balaban J connectivity index is 2.28. The van der Waals surface area contributed by atoms with E-state index in [9.17, 15) is 4.79 Å². The maximum Gasteiger partial charge on any atom is 0.312 e. The highest BCUT2D eigenvalue weighted by Gasteiger charge is 2.15. The first-order valence-electron chi connectivity index (χ1n) is 3.91. The van der Waals surface area contributed by atoms with Gasteiger partial charge in [-0.05, 0) is 25.7 Å². The molecule has 1 aliphatic rings. The molecule has 0 aromatic carbocycles. The Morgan fingerprint density at radius 1 is 1.55 bits per heavy atom. The molecule has 2 amide bonds. The first kappa shape index (κ1) is 8.11. The van der Waals surface area contributed by atoms with Gasteiger partial charge in [0.25, 0.3) is 0 Å². The molecular formula is C8H14N2O. The summed E-state index contributed by atoms with van der Waals surface area (Å²) < 4.78 is 0. The van der Waals surface area contributed by atoms with Gasteiger partial charge in [0.1, 0.15) is 0 Å². The molecular weight excluding hydrogens is 140 g/mol. The monoisotopic (exact) mass is 154 g/mol. The van der Waals surface area contributed by atoms with Crippen molar-refractivity contribution in [2.75, 3.05) is 0 Å². The van der Waals surface area contributed by atoms with Crippen LogP contribution in [0.3, 0.4) is 0 Å². The van der Waals surface area contributed by atoms with Gasteiger partial charge in [0.2, 0.25) is 0 Å². The quantitative estimate of drug-likeness (QED) is 0.547. The summed E-state index contributed by atoms with van der Waals surface area (Å²) in [6, 6.07) is -0.138. The van der Waals surface area contributed by atoms with Gasteiger partial charge in [-0.25, -0.2) is 4.79 Å². The van der Waals surface area contributed by atoms with Crippen molar-refractivity contribution in [3.05, 3.63) is 12.2 Å². The van der Waals surface area contributed by atoms with E-state index in [1.165, 1.54) is 5.57 Å². The number of carbonyl (C=O) groups is 1. The minimum absolute atomic E-state index is 0.276. The average molecular weight is 154 g/mol. The van der Waals surface area contributed by atoms with Crippen LogP contribution >= 0.6 is 0 Å². The van der Waals surface area contributed by atoms with Gasteiger partial charge in [-0.15, -0.1) is 0 Å². The zero-order valence-electron chi connectivity index (χ0n) is 6.60. The van der Waals surface area contributed by atoms with E-state index in [1.807, 2.05) is 0 Å². The van der Waals surface area contributed by atoms with Gasteiger partial charge < -0.3 is 11.1 Å². The number of amides is 2. The Morgan fingerprint density at radius 3 is 2.55 bits per heavy atom. The van der Waals surface area contributed by atoms with E-state index in [0.29, 0.717) is 0 Å². The molecule has 0 radical (unpaired) electrons. The number of allylic oxidation sites excluding steroid dienone is 1. The summed E-state index contributed by atoms with van der Waals surface area (Å²) in [5.41, 5.74) is 6.27. The fraction of sp³-hybridized carbons (Fsp3) is 0.625. The largest absolute Gasteiger partial charge is 0.352 e. The minimum atomic E-state index is -0.414. The Morgan fingerprint density at radius 2 is 2.09 bits per heavy atom. The van der Waals surface area contributed by atoms with Crippen LogP contribution < -0.4 is 11.1 Å². The number of urea groups is 1. The molecule has 0 bridgehead atoms. The smallest absolute Gasteiger partial charge is 0.312 e. The van der Waals surface area contributed by atoms with Gasteiger partial charge in [0, 0.05) is 6.04 Å². The van der Waals surface area contributed by atoms with Crippen molar-refractivity contribution in [3.63, 3.8) is 0 Å². The molecule has 1 saturated carbocycles. The van der Waals surface area contributed by atoms with Crippen molar-refractivity contribution in [2.45, 2.75) is 31.7 Å². The predicted octanol–water partition coefficient (Wildman–Crippen LogP) is 1.15. The zero-order chi connectivity index (χ0) is 8.27. The Hall–Kier alpha value is -0.990. The number of carbonyl (C=O) groups excluding carboxylic acids is 1. The molecule has 0 spiro atoms. The number of hydrogen-bond donors (Lipinski definition) is 2. The van der Waals surface area contributed by atoms with E-state index in [1.54, 1.807) is 0 Å². The first-order valence-corrected chi connectivity index (χ1v) is 3.91. The molecule has 0 atom stereocenters. The van der Waals surface area contributed by atoms with Gasteiger partial charge in [-0.2, -0.15) is 0 Å². The summed E-state index contributed by atoms with van der Waals surface area (Å²) in [5.74, 6) is 0. The Bertz CT molecular complexity index is 167. The van der Waals surface area contributed by atoms with Gasteiger partial charge in [-0.3, -0.25) is 0 Å². The molecule has 0 unspecified atom stereocenters. The van der Waals surface area contributed by atoms with Crippen LogP contribution in [0.1, 0.15) is 25.7 Å². The Labute approximate surface area is 66.6 Å². The molecule has 0 heterocycles. The number of nitrogens with one attached hydrogen (secondary N) is 1. The van der Waals surface area contributed by atoms with E-state index in [4.69, 9.17) is 5.73 Å². The summed E-state index contributed by atoms with van der Waals surface area (Å²) >= 11 is 0. The van der Waals surface area contributed by atoms with Gasteiger partial charge in [-0.1, -0.05) is 12.2 Å². The molecule has 0 aromatic heterocycles. The van der Waals surface area contributed by atoms with Gasteiger partial charge in [0.05, 0.1) is 0 Å². The van der Waals surface area contributed by atoms with Crippen LogP contribution in [-0.2, 0) is 0 Å². The molecule has 1 rings (SSSR count). The standard InChI is InChI=1S/C8H14N2O/c1-6-2-4-7(5-3-6)10-8(9)11/h7H,1-5H2,(H3,9,10,11). The summed E-state index contributed by atoms with van der Waals surface area (Å²) in [4.78, 5) is 10.4. The van der Waals surface area contributed by atoms with E-state index in [-0.39, 0.29) is 6.04 Å². The van der Waals surface area contributed by atoms with E-state index in [0.717, 1.165) is 25.7 Å². The topological polar surface area (TPSA) is 55.1 Å². The van der Waals surface area contributed by atoms with Crippen LogP contribution in [-0.4, -0.2) is 12.1 Å². The fourth-order valence-electron chi connectivity index (χ4n) is 1.37. The first-order chi connectivity index (χ1) is 5.18. The SMILES string of the molecule is C=C1CCC(NC(N)=O)CC1. The molecule has 1 aliphatic carbocycles. The summed E-state index contributed by atoms with van der Waals surface area (Å²) in [6.07, 6.45) is 4.01. The molecule has 3 nitrogen and oxygen atoms in total. The summed E-state index contributed by atoms with van der Waals surface area (Å²) in [5, 5.41) is 2.70. The summed E-state index contributed by atoms with van der Waals surface area (Å²) in [7, 11) is 0. The average Bonchev–Trinajstić information content (AvgIpc) is 1.93. The second-order valence-corrected chi connectivity index (χ2v) is 3.03. The normalized spacial score (nSPS) is 19.8. The highest BCUT2D eigenvalue weighted by atomic mass is 16.2. The van der Waals surface area contributed by atoms with Crippen LogP contribution in [0.25, 0.3) is 0 Å². The highest BCUT2D eigenvalue weighted by Crippen LogP contribution is 2.21. The number of nitrogens with two attached hydrogens (primary N) is 1. The zero-order valence-corrected chi connectivity index (χ0v) is 6.60. The fourth-order valence-corrected chi connectivity index (χ4v) is 1.37. The van der Waals surface area contributed by atoms with E-state index >= 15 is 0 Å². The lowest BCUT2D eigenvalue weighted by molar-refractivity contribution is 0.242. The molecule has 3 N–H and O–H groups in total. The van der Waals surface area contributed by atoms with Crippen LogP contribution in [0.4, 0.5) is 4.79 Å². The predicted molar refractivity (Wildman–Crippen MR) is 44.1 cm³/mol. The van der Waals surface area contributed by atoms with Gasteiger partial charge in [0.15, 0.2) is 0 Å². The maximum atomic E-state index is 10.4. The second kappa shape index (κ2) is 3.42. The van der Waals surface area contributed by atoms with Crippen molar-refractivity contribution in [1.82, 2.24) is 5.32 Å². The lowest BCUT2D eigenvalue weighted by Gasteiger charge is -2.23. The lowest BCUT2D eigenvalue weighted by atomic mass is 9.92. The summed E-state index contributed by atoms with van der Waals surface area (Å²) in [6.45, 7) is 3.88. The minimum Gasteiger partial charge on any atom is -0.352 e. The van der Waals surface area contributed by atoms with Crippen molar-refractivity contribution >= 4 is 6.03 Å². The van der Waals surface area contributed by atoms with Crippen molar-refractivity contribution in [1.29, 1.82) is 0 Å². The van der Waals surface area contributed by atoms with Crippen molar-refractivity contribution in [2.24, 2.45) is 5.73 Å². The van der Waals surface area contributed by atoms with Crippen molar-refractivity contribution < 1.29 is 4.79 Å². The van der Waals surface area contributed by atoms with Crippen LogP contribution in [0.2, 0.25) is 0 Å². The van der Waals surface area contributed by atoms with Gasteiger partial charge >= 0.3 is 6.03 Å². The van der Waals surface area contributed by atoms with E-state index < -0.39 is 6.03 Å². The molecule has 11 heavy (non-hydrogen) atoms. The second-order valence-electron chi connectivity index (χ2n) is 3.03. The third-order valence-electron chi connectivity index (χ3n) is 2.04. The molecule has 3 heteroatoms. The van der Waals surface area contributed by atoms with Crippen LogP contribution in [0, 0.1) is 0 Å². The third kappa shape index (κ3) is 2.62. The number of hydrogen-bond acceptors (Lipinski definition) is 1. The molecule has 1 fully saturated rings. The Kier molecular flexibility index (Phi) is 2.52. The van der Waals surface area contributed by atoms with Crippen LogP contribution in [0.5, 0.6) is 0 Å². The number of primary amides is 1. The highest BCUT2D eigenvalue weighted by molar-refractivity contribution is 5.71. The van der Waals surface area contributed by atoms with Crippen molar-refractivity contribution in [3.8, 4) is 0 Å². The molecule has 0 aliphatic heterocycles. The van der Waals surface area contributed by atoms with Crippen LogP contribution in [0.15, 0.2) is 12.2 Å².